The Balaban J connectivity index is 2.22. The highest BCUT2D eigenvalue weighted by molar-refractivity contribution is 5.88. The first-order valence-corrected chi connectivity index (χ1v) is 5.49. The Morgan fingerprint density at radius 3 is 3.00 bits per heavy atom. The Kier molecular flexibility index (Phi) is 3.44. The van der Waals surface area contributed by atoms with E-state index in [2.05, 4.69) is 11.2 Å². The van der Waals surface area contributed by atoms with E-state index in [1.165, 1.54) is 0 Å². The summed E-state index contributed by atoms with van der Waals surface area (Å²) in [6.07, 6.45) is 7.68. The zero-order valence-electron chi connectivity index (χ0n) is 9.72. The summed E-state index contributed by atoms with van der Waals surface area (Å²) in [6.45, 7) is 0.443. The van der Waals surface area contributed by atoms with Gasteiger partial charge >= 0.3 is 0 Å². The van der Waals surface area contributed by atoms with Crippen molar-refractivity contribution in [1.29, 1.82) is 0 Å². The van der Waals surface area contributed by atoms with Crippen LogP contribution in [-0.4, -0.2) is 23.3 Å². The lowest BCUT2D eigenvalue weighted by atomic mass is 10.2. The van der Waals surface area contributed by atoms with Crippen molar-refractivity contribution in [3.63, 3.8) is 0 Å². The minimum Gasteiger partial charge on any atom is -0.344 e. The molecule has 90 valence electrons. The van der Waals surface area contributed by atoms with Crippen molar-refractivity contribution in [1.82, 2.24) is 9.88 Å². The van der Waals surface area contributed by atoms with Crippen molar-refractivity contribution in [3.8, 4) is 12.3 Å². The molecule has 0 unspecified atom stereocenters. The van der Waals surface area contributed by atoms with E-state index in [9.17, 15) is 9.59 Å². The number of fused-ring (bicyclic) bond motifs is 1. The number of terminal acetylenes is 1. The molecular formula is C14H12N2O2. The fourth-order valence-corrected chi connectivity index (χ4v) is 1.79. The second-order valence-corrected chi connectivity index (χ2v) is 3.86. The molecule has 4 heteroatoms. The maximum Gasteiger partial charge on any atom is 0.240 e. The van der Waals surface area contributed by atoms with Crippen LogP contribution in [0, 0.1) is 12.3 Å². The number of aldehydes is 1. The van der Waals surface area contributed by atoms with Gasteiger partial charge in [0.1, 0.15) is 12.8 Å². The molecule has 18 heavy (non-hydrogen) atoms. The molecule has 2 rings (SSSR count). The molecule has 0 spiro atoms. The number of hydrogen-bond acceptors (Lipinski definition) is 2. The lowest BCUT2D eigenvalue weighted by Gasteiger charge is -2.05. The van der Waals surface area contributed by atoms with E-state index in [0.717, 1.165) is 17.2 Å². The van der Waals surface area contributed by atoms with Gasteiger partial charge in [-0.25, -0.2) is 0 Å². The van der Waals surface area contributed by atoms with Crippen molar-refractivity contribution < 1.29 is 9.59 Å². The number of amides is 1. The fourth-order valence-electron chi connectivity index (χ4n) is 1.79. The molecule has 0 saturated heterocycles. The van der Waals surface area contributed by atoms with Gasteiger partial charge in [0.25, 0.3) is 0 Å². The first kappa shape index (κ1) is 11.9. The molecule has 1 N–H and O–H groups in total. The third-order valence-electron chi connectivity index (χ3n) is 2.63. The highest BCUT2D eigenvalue weighted by Crippen LogP contribution is 2.16. The van der Waals surface area contributed by atoms with E-state index in [1.807, 2.05) is 22.9 Å². The summed E-state index contributed by atoms with van der Waals surface area (Å²) in [6, 6.07) is 7.22. The minimum absolute atomic E-state index is 0.134. The number of carbonyl (C=O) groups excluding carboxylic acids is 2. The van der Waals surface area contributed by atoms with Crippen molar-refractivity contribution in [2.45, 2.75) is 6.54 Å². The number of benzene rings is 1. The van der Waals surface area contributed by atoms with Gasteiger partial charge in [0.05, 0.1) is 6.54 Å². The van der Waals surface area contributed by atoms with Gasteiger partial charge < -0.3 is 9.88 Å². The SMILES string of the molecule is C#CCNC(=O)Cn1ccc2cc(C=O)ccc21. The highest BCUT2D eigenvalue weighted by atomic mass is 16.1. The van der Waals surface area contributed by atoms with Crippen molar-refractivity contribution in [2.24, 2.45) is 0 Å². The standard InChI is InChI=1S/C14H12N2O2/c1-2-6-15-14(18)9-16-7-5-12-8-11(10-17)3-4-13(12)16/h1,3-5,7-8,10H,6,9H2,(H,15,18). The summed E-state index contributed by atoms with van der Waals surface area (Å²) in [5.74, 6) is 2.22. The Hall–Kier alpha value is -2.54. The average Bonchev–Trinajstić information content (AvgIpc) is 2.78. The molecule has 0 aliphatic rings. The molecule has 0 saturated carbocycles. The van der Waals surface area contributed by atoms with Crippen molar-refractivity contribution in [3.05, 3.63) is 36.0 Å². The number of hydrogen-bond donors (Lipinski definition) is 1. The van der Waals surface area contributed by atoms with Gasteiger partial charge in [-0.05, 0) is 24.3 Å². The van der Waals surface area contributed by atoms with E-state index in [4.69, 9.17) is 6.42 Å². The molecule has 1 aromatic carbocycles. The Morgan fingerprint density at radius 2 is 2.28 bits per heavy atom. The summed E-state index contributed by atoms with van der Waals surface area (Å²) in [7, 11) is 0. The zero-order valence-corrected chi connectivity index (χ0v) is 9.72. The summed E-state index contributed by atoms with van der Waals surface area (Å²) < 4.78 is 1.82. The Labute approximate surface area is 105 Å². The van der Waals surface area contributed by atoms with Crippen LogP contribution in [-0.2, 0) is 11.3 Å². The maximum atomic E-state index is 11.6. The molecular weight excluding hydrogens is 228 g/mol. The van der Waals surface area contributed by atoms with Crippen LogP contribution >= 0.6 is 0 Å². The average molecular weight is 240 g/mol. The smallest absolute Gasteiger partial charge is 0.240 e. The van der Waals surface area contributed by atoms with E-state index >= 15 is 0 Å². The second kappa shape index (κ2) is 5.19. The van der Waals surface area contributed by atoms with Gasteiger partial charge in [-0.3, -0.25) is 9.59 Å². The Morgan fingerprint density at radius 1 is 1.44 bits per heavy atom. The lowest BCUT2D eigenvalue weighted by molar-refractivity contribution is -0.121. The van der Waals surface area contributed by atoms with Crippen LogP contribution in [0.1, 0.15) is 10.4 Å². The fraction of sp³-hybridized carbons (Fsp3) is 0.143. The van der Waals surface area contributed by atoms with Gasteiger partial charge in [0.2, 0.25) is 5.91 Å². The van der Waals surface area contributed by atoms with Gasteiger partial charge in [-0.2, -0.15) is 0 Å². The van der Waals surface area contributed by atoms with Gasteiger partial charge in [0, 0.05) is 22.7 Å². The van der Waals surface area contributed by atoms with E-state index < -0.39 is 0 Å². The molecule has 1 aromatic heterocycles. The van der Waals surface area contributed by atoms with Gasteiger partial charge in [-0.1, -0.05) is 5.92 Å². The van der Waals surface area contributed by atoms with Crippen molar-refractivity contribution >= 4 is 23.1 Å². The molecule has 0 fully saturated rings. The molecule has 0 radical (unpaired) electrons. The predicted octanol–water partition coefficient (Wildman–Crippen LogP) is 1.20. The first-order chi connectivity index (χ1) is 8.74. The first-order valence-electron chi connectivity index (χ1n) is 5.49. The van der Waals surface area contributed by atoms with Crippen LogP contribution in [0.15, 0.2) is 30.5 Å². The monoisotopic (exact) mass is 240 g/mol. The van der Waals surface area contributed by atoms with E-state index in [0.29, 0.717) is 5.56 Å². The predicted molar refractivity (Wildman–Crippen MR) is 69.2 cm³/mol. The largest absolute Gasteiger partial charge is 0.344 e. The molecule has 2 aromatic rings. The summed E-state index contributed by atoms with van der Waals surface area (Å²) >= 11 is 0. The molecule has 0 atom stereocenters. The van der Waals surface area contributed by atoms with Crippen LogP contribution < -0.4 is 5.32 Å². The third kappa shape index (κ3) is 2.41. The molecule has 1 heterocycles. The molecule has 0 aliphatic heterocycles. The maximum absolute atomic E-state index is 11.6. The summed E-state index contributed by atoms with van der Waals surface area (Å²) in [5, 5.41) is 3.54. The second-order valence-electron chi connectivity index (χ2n) is 3.86. The zero-order chi connectivity index (χ0) is 13.0. The Bertz CT molecular complexity index is 635. The number of aromatic nitrogens is 1. The number of rotatable bonds is 4. The molecule has 1 amide bonds. The summed E-state index contributed by atoms with van der Waals surface area (Å²) in [4.78, 5) is 22.2. The minimum atomic E-state index is -0.134. The van der Waals surface area contributed by atoms with Crippen LogP contribution in [0.3, 0.4) is 0 Å². The molecule has 4 nitrogen and oxygen atoms in total. The number of carbonyl (C=O) groups is 2. The van der Waals surface area contributed by atoms with Crippen molar-refractivity contribution in [2.75, 3.05) is 6.54 Å². The van der Waals surface area contributed by atoms with E-state index in [1.54, 1.807) is 12.1 Å². The van der Waals surface area contributed by atoms with Gasteiger partial charge in [-0.15, -0.1) is 6.42 Å². The molecule has 0 bridgehead atoms. The number of nitrogens with one attached hydrogen (secondary N) is 1. The third-order valence-corrected chi connectivity index (χ3v) is 2.63. The number of nitrogens with zero attached hydrogens (tertiary/aromatic N) is 1. The lowest BCUT2D eigenvalue weighted by Crippen LogP contribution is -2.27. The van der Waals surface area contributed by atoms with E-state index in [-0.39, 0.29) is 19.0 Å². The summed E-state index contributed by atoms with van der Waals surface area (Å²) in [5.41, 5.74) is 1.54. The van der Waals surface area contributed by atoms with Crippen LogP contribution in [0.25, 0.3) is 10.9 Å². The molecule has 0 aliphatic carbocycles. The van der Waals surface area contributed by atoms with Crippen LogP contribution in [0.2, 0.25) is 0 Å². The van der Waals surface area contributed by atoms with Gasteiger partial charge in [0.15, 0.2) is 0 Å². The normalized spacial score (nSPS) is 9.94. The quantitative estimate of drug-likeness (QED) is 0.645. The van der Waals surface area contributed by atoms with Crippen LogP contribution in [0.4, 0.5) is 0 Å². The highest BCUT2D eigenvalue weighted by Gasteiger charge is 2.05. The van der Waals surface area contributed by atoms with Crippen LogP contribution in [0.5, 0.6) is 0 Å². The topological polar surface area (TPSA) is 51.1 Å².